The first kappa shape index (κ1) is 16.7. The third-order valence-corrected chi connectivity index (χ3v) is 2.91. The first-order chi connectivity index (χ1) is 9.36. The van der Waals surface area contributed by atoms with Gasteiger partial charge in [0.25, 0.3) is 0 Å². The van der Waals surface area contributed by atoms with Gasteiger partial charge in [0.15, 0.2) is 0 Å². The third kappa shape index (κ3) is 5.33. The van der Waals surface area contributed by atoms with Gasteiger partial charge in [0, 0.05) is 30.7 Å². The van der Waals surface area contributed by atoms with Crippen LogP contribution in [0.15, 0.2) is 6.07 Å². The fourth-order valence-corrected chi connectivity index (χ4v) is 1.72. The Morgan fingerprint density at radius 3 is 2.45 bits per heavy atom. The van der Waals surface area contributed by atoms with Crippen molar-refractivity contribution in [3.05, 3.63) is 11.9 Å². The van der Waals surface area contributed by atoms with Crippen molar-refractivity contribution >= 4 is 11.6 Å². The molecule has 1 atom stereocenters. The molecule has 0 saturated heterocycles. The van der Waals surface area contributed by atoms with Crippen LogP contribution in [0.3, 0.4) is 0 Å². The summed E-state index contributed by atoms with van der Waals surface area (Å²) in [5.74, 6) is 2.48. The van der Waals surface area contributed by atoms with Crippen molar-refractivity contribution in [3.8, 4) is 0 Å². The van der Waals surface area contributed by atoms with E-state index in [9.17, 15) is 0 Å². The summed E-state index contributed by atoms with van der Waals surface area (Å²) in [4.78, 5) is 9.17. The van der Waals surface area contributed by atoms with Gasteiger partial charge in [-0.2, -0.15) is 0 Å². The molecule has 1 rings (SSSR count). The second-order valence-electron chi connectivity index (χ2n) is 6.20. The van der Waals surface area contributed by atoms with E-state index in [4.69, 9.17) is 5.11 Å². The molecule has 20 heavy (non-hydrogen) atoms. The summed E-state index contributed by atoms with van der Waals surface area (Å²) in [5.41, 5.74) is -0.0967. The number of aliphatic hydroxyl groups excluding tert-OH is 1. The van der Waals surface area contributed by atoms with E-state index in [2.05, 4.69) is 48.3 Å². The summed E-state index contributed by atoms with van der Waals surface area (Å²) in [6, 6.07) is 2.11. The topological polar surface area (TPSA) is 70.1 Å². The zero-order valence-corrected chi connectivity index (χ0v) is 13.3. The maximum atomic E-state index is 8.98. The van der Waals surface area contributed by atoms with E-state index in [1.54, 1.807) is 0 Å². The fraction of sp³-hybridized carbons (Fsp3) is 0.733. The SMILES string of the molecule is CCCNc1cc(NC(C)CCO)nc(C(C)(C)C)n1. The van der Waals surface area contributed by atoms with E-state index in [0.717, 1.165) is 30.4 Å². The molecule has 0 aliphatic carbocycles. The first-order valence-corrected chi connectivity index (χ1v) is 7.37. The molecule has 5 heteroatoms. The predicted octanol–water partition coefficient (Wildman–Crippen LogP) is 2.78. The third-order valence-electron chi connectivity index (χ3n) is 2.91. The maximum Gasteiger partial charge on any atom is 0.138 e. The van der Waals surface area contributed by atoms with Crippen LogP contribution in [0.4, 0.5) is 11.6 Å². The van der Waals surface area contributed by atoms with Gasteiger partial charge >= 0.3 is 0 Å². The van der Waals surface area contributed by atoms with Crippen molar-refractivity contribution in [2.75, 3.05) is 23.8 Å². The van der Waals surface area contributed by atoms with Crippen molar-refractivity contribution in [1.82, 2.24) is 9.97 Å². The standard InChI is InChI=1S/C15H28N4O/c1-6-8-16-12-10-13(17-11(2)7-9-20)19-14(18-12)15(3,4)5/h10-11,20H,6-9H2,1-5H3,(H2,16,17,18,19). The molecule has 0 saturated carbocycles. The molecule has 1 unspecified atom stereocenters. The second-order valence-corrected chi connectivity index (χ2v) is 6.20. The van der Waals surface area contributed by atoms with Crippen molar-refractivity contribution in [3.63, 3.8) is 0 Å². The zero-order chi connectivity index (χ0) is 15.2. The lowest BCUT2D eigenvalue weighted by molar-refractivity contribution is 0.282. The summed E-state index contributed by atoms with van der Waals surface area (Å²) in [7, 11) is 0. The molecule has 0 amide bonds. The van der Waals surface area contributed by atoms with Gasteiger partial charge in [-0.05, 0) is 19.8 Å². The van der Waals surface area contributed by atoms with E-state index in [1.165, 1.54) is 0 Å². The van der Waals surface area contributed by atoms with E-state index in [-0.39, 0.29) is 18.1 Å². The highest BCUT2D eigenvalue weighted by atomic mass is 16.3. The number of anilines is 2. The quantitative estimate of drug-likeness (QED) is 0.716. The van der Waals surface area contributed by atoms with Crippen LogP contribution in [0, 0.1) is 0 Å². The molecule has 1 aromatic heterocycles. The molecular weight excluding hydrogens is 252 g/mol. The molecule has 0 spiro atoms. The van der Waals surface area contributed by atoms with Crippen molar-refractivity contribution in [2.45, 2.75) is 58.9 Å². The number of nitrogens with one attached hydrogen (secondary N) is 2. The molecule has 0 fully saturated rings. The Morgan fingerprint density at radius 2 is 1.90 bits per heavy atom. The first-order valence-electron chi connectivity index (χ1n) is 7.37. The van der Waals surface area contributed by atoms with Crippen LogP contribution >= 0.6 is 0 Å². The minimum atomic E-state index is -0.0967. The van der Waals surface area contributed by atoms with Crippen LogP contribution in [0.5, 0.6) is 0 Å². The Balaban J connectivity index is 2.97. The number of hydrogen-bond acceptors (Lipinski definition) is 5. The van der Waals surface area contributed by atoms with Crippen LogP contribution in [-0.4, -0.2) is 34.3 Å². The minimum absolute atomic E-state index is 0.0967. The Hall–Kier alpha value is -1.36. The average molecular weight is 280 g/mol. The van der Waals surface area contributed by atoms with Crippen LogP contribution in [0.2, 0.25) is 0 Å². The van der Waals surface area contributed by atoms with Crippen LogP contribution < -0.4 is 10.6 Å². The monoisotopic (exact) mass is 280 g/mol. The van der Waals surface area contributed by atoms with Gasteiger partial charge in [-0.3, -0.25) is 0 Å². The number of nitrogens with zero attached hydrogens (tertiary/aromatic N) is 2. The summed E-state index contributed by atoms with van der Waals surface area (Å²) in [5, 5.41) is 15.6. The van der Waals surface area contributed by atoms with E-state index in [1.807, 2.05) is 13.0 Å². The highest BCUT2D eigenvalue weighted by molar-refractivity contribution is 5.48. The Kier molecular flexibility index (Phi) is 6.20. The molecule has 0 bridgehead atoms. The van der Waals surface area contributed by atoms with Gasteiger partial charge in [-0.1, -0.05) is 27.7 Å². The predicted molar refractivity (Wildman–Crippen MR) is 84.3 cm³/mol. The van der Waals surface area contributed by atoms with Crippen molar-refractivity contribution < 1.29 is 5.11 Å². The summed E-state index contributed by atoms with van der Waals surface area (Å²) < 4.78 is 0. The lowest BCUT2D eigenvalue weighted by Gasteiger charge is -2.21. The molecular formula is C15H28N4O. The molecule has 5 nitrogen and oxygen atoms in total. The lowest BCUT2D eigenvalue weighted by atomic mass is 9.96. The van der Waals surface area contributed by atoms with Gasteiger partial charge in [-0.15, -0.1) is 0 Å². The van der Waals surface area contributed by atoms with Crippen molar-refractivity contribution in [2.24, 2.45) is 0 Å². The summed E-state index contributed by atoms with van der Waals surface area (Å²) in [6.45, 7) is 11.5. The number of rotatable bonds is 7. The van der Waals surface area contributed by atoms with Crippen LogP contribution in [-0.2, 0) is 5.41 Å². The Labute approximate surface area is 122 Å². The zero-order valence-electron chi connectivity index (χ0n) is 13.3. The van der Waals surface area contributed by atoms with Crippen LogP contribution in [0.1, 0.15) is 53.3 Å². The van der Waals surface area contributed by atoms with Gasteiger partial charge in [0.2, 0.25) is 0 Å². The Bertz CT molecular complexity index is 415. The molecule has 0 radical (unpaired) electrons. The molecule has 1 heterocycles. The molecule has 3 N–H and O–H groups in total. The average Bonchev–Trinajstić information content (AvgIpc) is 2.35. The second kappa shape index (κ2) is 7.43. The van der Waals surface area contributed by atoms with Gasteiger partial charge < -0.3 is 15.7 Å². The fourth-order valence-electron chi connectivity index (χ4n) is 1.72. The molecule has 0 aliphatic rings. The van der Waals surface area contributed by atoms with Crippen LogP contribution in [0.25, 0.3) is 0 Å². The van der Waals surface area contributed by atoms with E-state index in [0.29, 0.717) is 6.42 Å². The highest BCUT2D eigenvalue weighted by Crippen LogP contribution is 2.22. The molecule has 0 aromatic carbocycles. The van der Waals surface area contributed by atoms with Crippen molar-refractivity contribution in [1.29, 1.82) is 0 Å². The summed E-state index contributed by atoms with van der Waals surface area (Å²) >= 11 is 0. The number of hydrogen-bond donors (Lipinski definition) is 3. The highest BCUT2D eigenvalue weighted by Gasteiger charge is 2.19. The normalized spacial score (nSPS) is 13.1. The largest absolute Gasteiger partial charge is 0.396 e. The summed E-state index contributed by atoms with van der Waals surface area (Å²) in [6.07, 6.45) is 1.76. The molecule has 0 aliphatic heterocycles. The number of aliphatic hydroxyl groups is 1. The maximum absolute atomic E-state index is 8.98. The van der Waals surface area contributed by atoms with E-state index >= 15 is 0 Å². The van der Waals surface area contributed by atoms with E-state index < -0.39 is 0 Å². The van der Waals surface area contributed by atoms with Gasteiger partial charge in [0.05, 0.1) is 0 Å². The number of aromatic nitrogens is 2. The molecule has 114 valence electrons. The smallest absolute Gasteiger partial charge is 0.138 e. The van der Waals surface area contributed by atoms with Gasteiger partial charge in [0.1, 0.15) is 17.5 Å². The van der Waals surface area contributed by atoms with Gasteiger partial charge in [-0.25, -0.2) is 9.97 Å². The minimum Gasteiger partial charge on any atom is -0.396 e. The Morgan fingerprint density at radius 1 is 1.25 bits per heavy atom. The molecule has 1 aromatic rings. The lowest BCUT2D eigenvalue weighted by Crippen LogP contribution is -2.22.